The predicted molar refractivity (Wildman–Crippen MR) is 81.7 cm³/mol. The van der Waals surface area contributed by atoms with E-state index in [9.17, 15) is 14.7 Å². The maximum absolute atomic E-state index is 12.7. The van der Waals surface area contributed by atoms with E-state index >= 15 is 0 Å². The molecule has 0 unspecified atom stereocenters. The summed E-state index contributed by atoms with van der Waals surface area (Å²) in [5.41, 5.74) is 1.90. The standard InChI is InChI=1S/C16H21NO3S/c1-3-11-9(2)21-8-14(11)15(18)17-6-12(10-4-5-10)13(7-17)16(19)20/h8,10,12-13H,3-7H2,1-2H3,(H,19,20)/t12-,13+/m0/s1. The van der Waals surface area contributed by atoms with E-state index in [1.807, 2.05) is 12.3 Å². The lowest BCUT2D eigenvalue weighted by Gasteiger charge is -2.16. The van der Waals surface area contributed by atoms with Crippen molar-refractivity contribution in [2.75, 3.05) is 13.1 Å². The average molecular weight is 307 g/mol. The average Bonchev–Trinajstić information content (AvgIpc) is 3.08. The van der Waals surface area contributed by atoms with E-state index in [-0.39, 0.29) is 17.7 Å². The van der Waals surface area contributed by atoms with Gasteiger partial charge in [0.25, 0.3) is 5.91 Å². The number of aliphatic carboxylic acids is 1. The molecule has 1 aliphatic heterocycles. The third-order valence-corrected chi connectivity index (χ3v) is 5.84. The fourth-order valence-electron chi connectivity index (χ4n) is 3.53. The van der Waals surface area contributed by atoms with Crippen LogP contribution in [-0.2, 0) is 11.2 Å². The lowest BCUT2D eigenvalue weighted by molar-refractivity contribution is -0.142. The summed E-state index contributed by atoms with van der Waals surface area (Å²) in [5.74, 6) is -0.453. The van der Waals surface area contributed by atoms with Crippen molar-refractivity contribution in [3.8, 4) is 0 Å². The molecule has 1 aromatic rings. The van der Waals surface area contributed by atoms with Crippen LogP contribution in [0.15, 0.2) is 5.38 Å². The molecule has 1 saturated heterocycles. The Hall–Kier alpha value is -1.36. The number of nitrogens with zero attached hydrogens (tertiary/aromatic N) is 1. The molecule has 1 amide bonds. The number of hydrogen-bond acceptors (Lipinski definition) is 3. The van der Waals surface area contributed by atoms with Crippen LogP contribution < -0.4 is 0 Å². The van der Waals surface area contributed by atoms with Gasteiger partial charge in [-0.15, -0.1) is 11.3 Å². The van der Waals surface area contributed by atoms with Crippen LogP contribution in [-0.4, -0.2) is 35.0 Å². The first kappa shape index (κ1) is 14.6. The molecule has 0 bridgehead atoms. The first-order valence-corrected chi connectivity index (χ1v) is 8.50. The van der Waals surface area contributed by atoms with Crippen molar-refractivity contribution in [1.29, 1.82) is 0 Å². The summed E-state index contributed by atoms with van der Waals surface area (Å²) in [6.45, 7) is 5.08. The van der Waals surface area contributed by atoms with Gasteiger partial charge in [-0.05, 0) is 43.6 Å². The zero-order chi connectivity index (χ0) is 15.1. The molecule has 1 N–H and O–H groups in total. The Morgan fingerprint density at radius 1 is 1.38 bits per heavy atom. The molecule has 0 spiro atoms. The first-order valence-electron chi connectivity index (χ1n) is 7.62. The number of thiophene rings is 1. The summed E-state index contributed by atoms with van der Waals surface area (Å²) in [7, 11) is 0. The fraction of sp³-hybridized carbons (Fsp3) is 0.625. The Kier molecular flexibility index (Phi) is 3.78. The Bertz CT molecular complexity index is 576. The van der Waals surface area contributed by atoms with Gasteiger partial charge in [-0.3, -0.25) is 9.59 Å². The molecule has 1 aromatic heterocycles. The van der Waals surface area contributed by atoms with Crippen molar-refractivity contribution in [1.82, 2.24) is 4.90 Å². The highest BCUT2D eigenvalue weighted by Crippen LogP contribution is 2.44. The molecule has 3 rings (SSSR count). The van der Waals surface area contributed by atoms with Gasteiger partial charge in [-0.1, -0.05) is 6.92 Å². The number of carbonyl (C=O) groups is 2. The minimum absolute atomic E-state index is 0.0191. The van der Waals surface area contributed by atoms with E-state index in [1.165, 1.54) is 4.88 Å². The second-order valence-electron chi connectivity index (χ2n) is 6.19. The van der Waals surface area contributed by atoms with E-state index in [4.69, 9.17) is 0 Å². The number of amides is 1. The summed E-state index contributed by atoms with van der Waals surface area (Å²) in [4.78, 5) is 27.1. The molecular weight excluding hydrogens is 286 g/mol. The molecule has 2 atom stereocenters. The fourth-order valence-corrected chi connectivity index (χ4v) is 4.46. The highest BCUT2D eigenvalue weighted by molar-refractivity contribution is 7.10. The van der Waals surface area contributed by atoms with Crippen LogP contribution in [0.5, 0.6) is 0 Å². The van der Waals surface area contributed by atoms with E-state index < -0.39 is 5.97 Å². The van der Waals surface area contributed by atoms with Gasteiger partial charge >= 0.3 is 5.97 Å². The summed E-state index contributed by atoms with van der Waals surface area (Å²) in [6.07, 6.45) is 3.08. The summed E-state index contributed by atoms with van der Waals surface area (Å²) in [5, 5.41) is 11.3. The van der Waals surface area contributed by atoms with Gasteiger partial charge in [0.15, 0.2) is 0 Å². The molecule has 1 saturated carbocycles. The number of carbonyl (C=O) groups excluding carboxylic acids is 1. The predicted octanol–water partition coefficient (Wildman–Crippen LogP) is 2.80. The van der Waals surface area contributed by atoms with Gasteiger partial charge < -0.3 is 10.0 Å². The van der Waals surface area contributed by atoms with Gasteiger partial charge in [0.05, 0.1) is 11.5 Å². The minimum Gasteiger partial charge on any atom is -0.481 e. The van der Waals surface area contributed by atoms with Crippen molar-refractivity contribution >= 4 is 23.2 Å². The molecular formula is C16H21NO3S. The van der Waals surface area contributed by atoms with Crippen LogP contribution in [0.3, 0.4) is 0 Å². The number of carboxylic acids is 1. The summed E-state index contributed by atoms with van der Waals surface area (Å²) in [6, 6.07) is 0. The normalized spacial score (nSPS) is 25.3. The van der Waals surface area contributed by atoms with E-state index in [2.05, 4.69) is 6.92 Å². The third-order valence-electron chi connectivity index (χ3n) is 4.88. The van der Waals surface area contributed by atoms with Crippen LogP contribution in [0.25, 0.3) is 0 Å². The van der Waals surface area contributed by atoms with Crippen LogP contribution in [0.2, 0.25) is 0 Å². The molecule has 2 fully saturated rings. The number of aryl methyl sites for hydroxylation is 1. The highest BCUT2D eigenvalue weighted by Gasteiger charge is 2.47. The highest BCUT2D eigenvalue weighted by atomic mass is 32.1. The maximum atomic E-state index is 12.7. The monoisotopic (exact) mass is 307 g/mol. The molecule has 0 radical (unpaired) electrons. The zero-order valence-corrected chi connectivity index (χ0v) is 13.3. The van der Waals surface area contributed by atoms with Gasteiger partial charge in [0.2, 0.25) is 0 Å². The second kappa shape index (κ2) is 5.44. The van der Waals surface area contributed by atoms with Crippen molar-refractivity contribution in [3.05, 3.63) is 21.4 Å². The molecule has 5 heteroatoms. The lowest BCUT2D eigenvalue weighted by atomic mass is 9.92. The van der Waals surface area contributed by atoms with Crippen LogP contribution in [0.4, 0.5) is 0 Å². The van der Waals surface area contributed by atoms with E-state index in [0.29, 0.717) is 19.0 Å². The Morgan fingerprint density at radius 3 is 2.67 bits per heavy atom. The number of likely N-dealkylation sites (tertiary alicyclic amines) is 1. The number of hydrogen-bond donors (Lipinski definition) is 1. The molecule has 2 heterocycles. The largest absolute Gasteiger partial charge is 0.481 e. The van der Waals surface area contributed by atoms with Gasteiger partial charge in [-0.2, -0.15) is 0 Å². The molecule has 2 aliphatic rings. The van der Waals surface area contributed by atoms with E-state index in [0.717, 1.165) is 30.4 Å². The van der Waals surface area contributed by atoms with Crippen LogP contribution in [0.1, 0.15) is 40.6 Å². The Morgan fingerprint density at radius 2 is 2.10 bits per heavy atom. The van der Waals surface area contributed by atoms with Gasteiger partial charge in [0, 0.05) is 23.3 Å². The lowest BCUT2D eigenvalue weighted by Crippen LogP contribution is -2.30. The number of carboxylic acid groups (broad SMARTS) is 1. The quantitative estimate of drug-likeness (QED) is 0.930. The topological polar surface area (TPSA) is 57.6 Å². The Labute approximate surface area is 128 Å². The van der Waals surface area contributed by atoms with Crippen molar-refractivity contribution in [3.63, 3.8) is 0 Å². The zero-order valence-electron chi connectivity index (χ0n) is 12.5. The Balaban J connectivity index is 1.80. The summed E-state index contributed by atoms with van der Waals surface area (Å²) >= 11 is 1.61. The third kappa shape index (κ3) is 2.59. The molecule has 0 aromatic carbocycles. The second-order valence-corrected chi connectivity index (χ2v) is 7.28. The number of rotatable bonds is 4. The first-order chi connectivity index (χ1) is 10.0. The molecule has 114 valence electrons. The van der Waals surface area contributed by atoms with Crippen molar-refractivity contribution < 1.29 is 14.7 Å². The van der Waals surface area contributed by atoms with Crippen molar-refractivity contribution in [2.45, 2.75) is 33.1 Å². The molecule has 21 heavy (non-hydrogen) atoms. The minimum atomic E-state index is -0.751. The van der Waals surface area contributed by atoms with Crippen LogP contribution >= 0.6 is 11.3 Å². The maximum Gasteiger partial charge on any atom is 0.308 e. The molecule has 4 nitrogen and oxygen atoms in total. The smallest absolute Gasteiger partial charge is 0.308 e. The van der Waals surface area contributed by atoms with Crippen molar-refractivity contribution in [2.24, 2.45) is 17.8 Å². The van der Waals surface area contributed by atoms with Gasteiger partial charge in [0.1, 0.15) is 0 Å². The van der Waals surface area contributed by atoms with E-state index in [1.54, 1.807) is 16.2 Å². The molecule has 1 aliphatic carbocycles. The summed E-state index contributed by atoms with van der Waals surface area (Å²) < 4.78 is 0. The van der Waals surface area contributed by atoms with Crippen LogP contribution in [0, 0.1) is 24.7 Å². The van der Waals surface area contributed by atoms with Gasteiger partial charge in [-0.25, -0.2) is 0 Å². The SMILES string of the molecule is CCc1c(C(=O)N2C[C@@H](C(=O)O)[C@H](C3CC3)C2)csc1C.